The first-order valence-corrected chi connectivity index (χ1v) is 5.57. The van der Waals surface area contributed by atoms with Crippen LogP contribution in [0.1, 0.15) is 34.1 Å². The first kappa shape index (κ1) is 14.4. The molecule has 4 heteroatoms. The van der Waals surface area contributed by atoms with Gasteiger partial charge in [0.2, 0.25) is 5.91 Å². The first-order valence-electron chi connectivity index (χ1n) is 5.57. The average molecular weight is 216 g/mol. The summed E-state index contributed by atoms with van der Waals surface area (Å²) in [5.74, 6) is 0.353. The van der Waals surface area contributed by atoms with Crippen LogP contribution < -0.4 is 10.6 Å². The molecule has 0 heterocycles. The van der Waals surface area contributed by atoms with E-state index in [9.17, 15) is 9.90 Å². The van der Waals surface area contributed by atoms with E-state index < -0.39 is 5.60 Å². The highest BCUT2D eigenvalue weighted by Gasteiger charge is 2.22. The number of hydrogen-bond acceptors (Lipinski definition) is 3. The van der Waals surface area contributed by atoms with Gasteiger partial charge < -0.3 is 15.7 Å². The van der Waals surface area contributed by atoms with Crippen molar-refractivity contribution < 1.29 is 9.90 Å². The van der Waals surface area contributed by atoms with Crippen molar-refractivity contribution in [1.29, 1.82) is 0 Å². The van der Waals surface area contributed by atoms with Crippen LogP contribution in [0, 0.1) is 5.92 Å². The molecule has 0 radical (unpaired) electrons. The van der Waals surface area contributed by atoms with Crippen molar-refractivity contribution in [3.63, 3.8) is 0 Å². The van der Waals surface area contributed by atoms with E-state index in [0.29, 0.717) is 25.4 Å². The van der Waals surface area contributed by atoms with E-state index >= 15 is 0 Å². The molecule has 0 aromatic rings. The Balaban J connectivity index is 3.77. The summed E-state index contributed by atoms with van der Waals surface area (Å²) in [5.41, 5.74) is -0.809. The molecule has 0 aliphatic heterocycles. The van der Waals surface area contributed by atoms with Crippen LogP contribution in [0.4, 0.5) is 0 Å². The molecule has 0 aliphatic carbocycles. The minimum Gasteiger partial charge on any atom is -0.388 e. The Morgan fingerprint density at radius 1 is 1.47 bits per heavy atom. The highest BCUT2D eigenvalue weighted by atomic mass is 16.3. The van der Waals surface area contributed by atoms with Crippen molar-refractivity contribution in [3.8, 4) is 0 Å². The lowest BCUT2D eigenvalue weighted by atomic mass is 9.94. The Hall–Kier alpha value is -0.610. The lowest BCUT2D eigenvalue weighted by Gasteiger charge is -2.25. The van der Waals surface area contributed by atoms with Crippen LogP contribution in [0.5, 0.6) is 0 Å². The Morgan fingerprint density at radius 3 is 2.53 bits per heavy atom. The van der Waals surface area contributed by atoms with E-state index in [0.717, 1.165) is 6.54 Å². The summed E-state index contributed by atoms with van der Waals surface area (Å²) in [4.78, 5) is 11.2. The van der Waals surface area contributed by atoms with Crippen molar-refractivity contribution in [1.82, 2.24) is 10.6 Å². The van der Waals surface area contributed by atoms with Gasteiger partial charge in [0.15, 0.2) is 0 Å². The molecular formula is C11H24N2O2. The Morgan fingerprint density at radius 2 is 2.07 bits per heavy atom. The molecule has 15 heavy (non-hydrogen) atoms. The molecule has 0 fully saturated rings. The number of aliphatic hydroxyl groups is 1. The predicted molar refractivity (Wildman–Crippen MR) is 61.6 cm³/mol. The van der Waals surface area contributed by atoms with Gasteiger partial charge in [-0.3, -0.25) is 4.79 Å². The number of carbonyl (C=O) groups is 1. The topological polar surface area (TPSA) is 61.4 Å². The third kappa shape index (κ3) is 8.39. The van der Waals surface area contributed by atoms with Gasteiger partial charge in [-0.25, -0.2) is 0 Å². The Kier molecular flexibility index (Phi) is 6.52. The van der Waals surface area contributed by atoms with Crippen LogP contribution in [0.3, 0.4) is 0 Å². The number of likely N-dealkylation sites (N-methyl/N-ethyl adjacent to an activating group) is 1. The summed E-state index contributed by atoms with van der Waals surface area (Å²) >= 11 is 0. The summed E-state index contributed by atoms with van der Waals surface area (Å²) in [5, 5.41) is 15.6. The third-order valence-corrected chi connectivity index (χ3v) is 2.05. The molecule has 1 atom stereocenters. The van der Waals surface area contributed by atoms with Crippen LogP contribution in [-0.4, -0.2) is 36.2 Å². The van der Waals surface area contributed by atoms with Gasteiger partial charge in [-0.1, -0.05) is 20.8 Å². The van der Waals surface area contributed by atoms with E-state index in [2.05, 4.69) is 24.5 Å². The molecule has 0 bridgehead atoms. The molecule has 0 rings (SSSR count). The molecule has 1 amide bonds. The Labute approximate surface area is 92.4 Å². The predicted octanol–water partition coefficient (Wildman–Crippen LogP) is 0.509. The van der Waals surface area contributed by atoms with Crippen LogP contribution >= 0.6 is 0 Å². The lowest BCUT2D eigenvalue weighted by molar-refractivity contribution is -0.121. The van der Waals surface area contributed by atoms with Crippen LogP contribution in [0.2, 0.25) is 0 Å². The molecule has 0 spiro atoms. The van der Waals surface area contributed by atoms with Crippen molar-refractivity contribution >= 4 is 5.91 Å². The van der Waals surface area contributed by atoms with E-state index in [1.807, 2.05) is 6.92 Å². The summed E-state index contributed by atoms with van der Waals surface area (Å²) in [6, 6.07) is 0. The van der Waals surface area contributed by atoms with Crippen molar-refractivity contribution in [2.75, 3.05) is 19.6 Å². The second-order valence-corrected chi connectivity index (χ2v) is 4.65. The molecule has 0 saturated carbocycles. The summed E-state index contributed by atoms with van der Waals surface area (Å²) in [6.07, 6.45) is 0.689. The monoisotopic (exact) mass is 216 g/mol. The number of carbonyl (C=O) groups excluding carboxylic acids is 1. The zero-order valence-corrected chi connectivity index (χ0v) is 10.3. The standard InChI is InChI=1S/C11H24N2O2/c1-5-12-7-10(14)13-8-11(4,15)6-9(2)3/h9,12,15H,5-8H2,1-4H3,(H,13,14). The number of amides is 1. The quantitative estimate of drug-likeness (QED) is 0.581. The molecule has 3 N–H and O–H groups in total. The molecule has 0 saturated heterocycles. The highest BCUT2D eigenvalue weighted by Crippen LogP contribution is 2.14. The maximum Gasteiger partial charge on any atom is 0.234 e. The highest BCUT2D eigenvalue weighted by molar-refractivity contribution is 5.78. The normalized spacial score (nSPS) is 15.1. The minimum atomic E-state index is -0.809. The fourth-order valence-corrected chi connectivity index (χ4v) is 1.54. The molecule has 0 aromatic carbocycles. The summed E-state index contributed by atoms with van der Waals surface area (Å²) < 4.78 is 0. The zero-order valence-electron chi connectivity index (χ0n) is 10.3. The fourth-order valence-electron chi connectivity index (χ4n) is 1.54. The van der Waals surface area contributed by atoms with Gasteiger partial charge in [0.05, 0.1) is 12.1 Å². The second-order valence-electron chi connectivity index (χ2n) is 4.65. The van der Waals surface area contributed by atoms with Gasteiger partial charge in [0, 0.05) is 6.54 Å². The van der Waals surface area contributed by atoms with Crippen LogP contribution in [-0.2, 0) is 4.79 Å². The number of rotatable bonds is 7. The van der Waals surface area contributed by atoms with Crippen molar-refractivity contribution in [2.45, 2.75) is 39.7 Å². The molecule has 0 aliphatic rings. The van der Waals surface area contributed by atoms with Gasteiger partial charge >= 0.3 is 0 Å². The lowest BCUT2D eigenvalue weighted by Crippen LogP contribution is -2.44. The average Bonchev–Trinajstić information content (AvgIpc) is 2.09. The molecular weight excluding hydrogens is 192 g/mol. The van der Waals surface area contributed by atoms with Gasteiger partial charge in [0.1, 0.15) is 0 Å². The summed E-state index contributed by atoms with van der Waals surface area (Å²) in [7, 11) is 0. The molecule has 4 nitrogen and oxygen atoms in total. The maximum atomic E-state index is 11.2. The van der Waals surface area contributed by atoms with Crippen LogP contribution in [0.15, 0.2) is 0 Å². The Bertz CT molecular complexity index is 191. The molecule has 90 valence electrons. The van der Waals surface area contributed by atoms with E-state index in [4.69, 9.17) is 0 Å². The van der Waals surface area contributed by atoms with Gasteiger partial charge in [-0.05, 0) is 25.8 Å². The molecule has 0 aromatic heterocycles. The fraction of sp³-hybridized carbons (Fsp3) is 0.909. The van der Waals surface area contributed by atoms with Crippen molar-refractivity contribution in [2.24, 2.45) is 5.92 Å². The van der Waals surface area contributed by atoms with Gasteiger partial charge in [0.25, 0.3) is 0 Å². The maximum absolute atomic E-state index is 11.2. The smallest absolute Gasteiger partial charge is 0.234 e. The van der Waals surface area contributed by atoms with Crippen LogP contribution in [0.25, 0.3) is 0 Å². The van der Waals surface area contributed by atoms with Crippen molar-refractivity contribution in [3.05, 3.63) is 0 Å². The largest absolute Gasteiger partial charge is 0.388 e. The second kappa shape index (κ2) is 6.80. The minimum absolute atomic E-state index is 0.0686. The van der Waals surface area contributed by atoms with E-state index in [-0.39, 0.29) is 5.91 Å². The van der Waals surface area contributed by atoms with E-state index in [1.54, 1.807) is 6.92 Å². The van der Waals surface area contributed by atoms with E-state index in [1.165, 1.54) is 0 Å². The van der Waals surface area contributed by atoms with Gasteiger partial charge in [-0.15, -0.1) is 0 Å². The third-order valence-electron chi connectivity index (χ3n) is 2.05. The molecule has 1 unspecified atom stereocenters. The number of hydrogen-bond donors (Lipinski definition) is 3. The SMILES string of the molecule is CCNCC(=O)NCC(C)(O)CC(C)C. The van der Waals surface area contributed by atoms with Gasteiger partial charge in [-0.2, -0.15) is 0 Å². The summed E-state index contributed by atoms with van der Waals surface area (Å²) in [6.45, 7) is 9.20. The number of nitrogens with one attached hydrogen (secondary N) is 2. The zero-order chi connectivity index (χ0) is 11.9. The first-order chi connectivity index (χ1) is 6.87.